The van der Waals surface area contributed by atoms with Crippen LogP contribution in [0.25, 0.3) is 0 Å². The molecule has 2 N–H and O–H groups in total. The molecule has 5 unspecified atom stereocenters. The molecule has 3 aliphatic rings. The zero-order valence-electron chi connectivity index (χ0n) is 18.2. The predicted molar refractivity (Wildman–Crippen MR) is 112 cm³/mol. The van der Waals surface area contributed by atoms with Crippen molar-refractivity contribution in [2.75, 3.05) is 24.5 Å². The van der Waals surface area contributed by atoms with Crippen molar-refractivity contribution in [1.82, 2.24) is 25.7 Å². The van der Waals surface area contributed by atoms with E-state index < -0.39 is 12.3 Å². The summed E-state index contributed by atoms with van der Waals surface area (Å²) in [6.07, 6.45) is 1.26. The van der Waals surface area contributed by atoms with Gasteiger partial charge in [0.1, 0.15) is 18.3 Å². The predicted octanol–water partition coefficient (Wildman–Crippen LogP) is 1.59. The lowest BCUT2D eigenvalue weighted by molar-refractivity contribution is -0.132. The Bertz CT molecular complexity index is 763. The summed E-state index contributed by atoms with van der Waals surface area (Å²) in [6, 6.07) is 2.17. The Hall–Kier alpha value is -1.84. The molecule has 0 aromatic carbocycles. The first-order valence-electron chi connectivity index (χ1n) is 11.0. The lowest BCUT2D eigenvalue weighted by Crippen LogP contribution is -2.53. The van der Waals surface area contributed by atoms with Crippen LogP contribution in [0.15, 0.2) is 12.4 Å². The summed E-state index contributed by atoms with van der Waals surface area (Å²) in [5.74, 6) is 1.06. The fourth-order valence-electron chi connectivity index (χ4n) is 4.90. The van der Waals surface area contributed by atoms with Gasteiger partial charge in [-0.05, 0) is 40.5 Å². The van der Waals surface area contributed by atoms with E-state index in [2.05, 4.69) is 20.8 Å². The van der Waals surface area contributed by atoms with E-state index in [1.54, 1.807) is 6.33 Å². The van der Waals surface area contributed by atoms with Gasteiger partial charge in [-0.15, -0.1) is 0 Å². The lowest BCUT2D eigenvalue weighted by Gasteiger charge is -2.37. The van der Waals surface area contributed by atoms with E-state index in [0.717, 1.165) is 18.1 Å². The number of nitrogens with one attached hydrogen (secondary N) is 2. The summed E-state index contributed by atoms with van der Waals surface area (Å²) < 4.78 is 20.4. The molecule has 1 aromatic heterocycles. The smallest absolute Gasteiger partial charge is 0.242 e. The number of halogens is 1. The average molecular weight is 421 g/mol. The number of amides is 1. The molecule has 3 heterocycles. The van der Waals surface area contributed by atoms with Crippen molar-refractivity contribution >= 4 is 11.7 Å². The molecule has 1 amide bonds. The van der Waals surface area contributed by atoms with E-state index in [1.807, 2.05) is 43.6 Å². The Morgan fingerprint density at radius 3 is 2.67 bits per heavy atom. The molecule has 0 bridgehead atoms. The van der Waals surface area contributed by atoms with Crippen molar-refractivity contribution < 1.29 is 13.9 Å². The van der Waals surface area contributed by atoms with E-state index in [-0.39, 0.29) is 36.1 Å². The van der Waals surface area contributed by atoms with Crippen LogP contribution in [-0.4, -0.2) is 70.9 Å². The highest BCUT2D eigenvalue weighted by atomic mass is 19.1. The van der Waals surface area contributed by atoms with Gasteiger partial charge in [0.25, 0.3) is 0 Å². The molecular formula is C21H33FN6O2. The van der Waals surface area contributed by atoms with Gasteiger partial charge in [-0.25, -0.2) is 19.8 Å². The summed E-state index contributed by atoms with van der Waals surface area (Å²) in [6.45, 7) is 9.72. The number of anilines is 1. The second kappa shape index (κ2) is 8.72. The summed E-state index contributed by atoms with van der Waals surface area (Å²) in [5, 5.41) is 0. The highest BCUT2D eigenvalue weighted by Gasteiger charge is 2.46. The number of hydrogen-bond acceptors (Lipinski definition) is 7. The zero-order chi connectivity index (χ0) is 21.4. The van der Waals surface area contributed by atoms with Crippen molar-refractivity contribution in [3.05, 3.63) is 18.1 Å². The highest BCUT2D eigenvalue weighted by molar-refractivity contribution is 5.82. The Labute approximate surface area is 177 Å². The number of hydrogen-bond donors (Lipinski definition) is 2. The third kappa shape index (κ3) is 4.29. The molecule has 4 rings (SSSR count). The Balaban J connectivity index is 1.48. The van der Waals surface area contributed by atoms with Crippen molar-refractivity contribution in [3.8, 4) is 0 Å². The van der Waals surface area contributed by atoms with Crippen LogP contribution in [0, 0.1) is 5.92 Å². The minimum atomic E-state index is -0.967. The number of rotatable bonds is 5. The molecule has 1 saturated carbocycles. The van der Waals surface area contributed by atoms with Gasteiger partial charge in [-0.2, -0.15) is 0 Å². The van der Waals surface area contributed by atoms with E-state index >= 15 is 0 Å². The number of fused-ring (bicyclic) bond motifs is 1. The Morgan fingerprint density at radius 1 is 1.17 bits per heavy atom. The number of nitrogens with zero attached hydrogens (tertiary/aromatic N) is 4. The van der Waals surface area contributed by atoms with Crippen LogP contribution in [0.3, 0.4) is 0 Å². The quantitative estimate of drug-likeness (QED) is 0.749. The Kier molecular flexibility index (Phi) is 6.22. The van der Waals surface area contributed by atoms with Crippen LogP contribution in [-0.2, 0) is 9.53 Å². The number of ether oxygens (including phenoxy) is 1. The van der Waals surface area contributed by atoms with Crippen LogP contribution in [0.5, 0.6) is 0 Å². The first-order chi connectivity index (χ1) is 14.3. The summed E-state index contributed by atoms with van der Waals surface area (Å²) in [4.78, 5) is 25.3. The van der Waals surface area contributed by atoms with Crippen LogP contribution in [0.2, 0.25) is 0 Å². The number of piperazine rings is 1. The SMILES string of the molecule is CC(C)OC1CC2C(CC1F)NNC2c1cc(N2CCN(C(C)C)C(=O)C2)ncn1. The third-order valence-electron chi connectivity index (χ3n) is 6.40. The Morgan fingerprint density at radius 2 is 1.97 bits per heavy atom. The van der Waals surface area contributed by atoms with Gasteiger partial charge in [0, 0.05) is 37.2 Å². The number of carbonyl (C=O) groups is 1. The average Bonchev–Trinajstić information content (AvgIpc) is 3.10. The molecular weight excluding hydrogens is 387 g/mol. The molecule has 9 heteroatoms. The van der Waals surface area contributed by atoms with Crippen LogP contribution in [0.4, 0.5) is 10.2 Å². The fourth-order valence-corrected chi connectivity index (χ4v) is 4.90. The largest absolute Gasteiger partial charge is 0.373 e. The van der Waals surface area contributed by atoms with Crippen LogP contribution in [0.1, 0.15) is 52.3 Å². The van der Waals surface area contributed by atoms with Gasteiger partial charge in [-0.3, -0.25) is 10.2 Å². The third-order valence-corrected chi connectivity index (χ3v) is 6.40. The minimum Gasteiger partial charge on any atom is -0.373 e. The van der Waals surface area contributed by atoms with Crippen LogP contribution < -0.4 is 15.8 Å². The maximum absolute atomic E-state index is 14.5. The van der Waals surface area contributed by atoms with Crippen molar-refractivity contribution in [2.24, 2.45) is 5.92 Å². The maximum atomic E-state index is 14.5. The normalized spacial score (nSPS) is 32.2. The molecule has 8 nitrogen and oxygen atoms in total. The van der Waals surface area contributed by atoms with E-state index in [9.17, 15) is 9.18 Å². The zero-order valence-corrected chi connectivity index (χ0v) is 18.2. The van der Waals surface area contributed by atoms with Gasteiger partial charge in [0.2, 0.25) is 5.91 Å². The first kappa shape index (κ1) is 21.4. The van der Waals surface area contributed by atoms with E-state index in [4.69, 9.17) is 4.74 Å². The second-order valence-electron chi connectivity index (χ2n) is 9.15. The molecule has 0 radical (unpaired) electrons. The molecule has 30 heavy (non-hydrogen) atoms. The second-order valence-corrected chi connectivity index (χ2v) is 9.15. The highest BCUT2D eigenvalue weighted by Crippen LogP contribution is 2.40. The molecule has 3 fully saturated rings. The molecule has 1 aromatic rings. The van der Waals surface area contributed by atoms with Crippen molar-refractivity contribution in [3.63, 3.8) is 0 Å². The van der Waals surface area contributed by atoms with Gasteiger partial charge < -0.3 is 14.5 Å². The number of aromatic nitrogens is 2. The van der Waals surface area contributed by atoms with Gasteiger partial charge in [0.05, 0.1) is 30.5 Å². The topological polar surface area (TPSA) is 82.6 Å². The molecule has 5 atom stereocenters. The van der Waals surface area contributed by atoms with Crippen molar-refractivity contribution in [1.29, 1.82) is 0 Å². The summed E-state index contributed by atoms with van der Waals surface area (Å²) in [7, 11) is 0. The van der Waals surface area contributed by atoms with Gasteiger partial charge in [-0.1, -0.05) is 0 Å². The van der Waals surface area contributed by atoms with Gasteiger partial charge in [0.15, 0.2) is 0 Å². The molecule has 2 aliphatic heterocycles. The minimum absolute atomic E-state index is 0.00160. The fraction of sp³-hybridized carbons (Fsp3) is 0.762. The first-order valence-corrected chi connectivity index (χ1v) is 11.0. The monoisotopic (exact) mass is 420 g/mol. The number of alkyl halides is 1. The van der Waals surface area contributed by atoms with E-state index in [0.29, 0.717) is 25.9 Å². The molecule has 166 valence electrons. The van der Waals surface area contributed by atoms with Crippen molar-refractivity contribution in [2.45, 2.75) is 77.0 Å². The summed E-state index contributed by atoms with van der Waals surface area (Å²) >= 11 is 0. The summed E-state index contributed by atoms with van der Waals surface area (Å²) in [5.41, 5.74) is 7.43. The molecule has 0 spiro atoms. The number of carbonyl (C=O) groups excluding carboxylic acids is 1. The standard InChI is InChI=1S/C21H33FN6O2/c1-12(2)28-6-5-27(10-20(28)29)19-9-17(23-11-24-19)21-14-7-18(30-13(3)4)15(22)8-16(14)25-26-21/h9,11-16,18,21,25-26H,5-8,10H2,1-4H3. The van der Waals surface area contributed by atoms with E-state index in [1.165, 1.54) is 0 Å². The van der Waals surface area contributed by atoms with Gasteiger partial charge >= 0.3 is 0 Å². The van der Waals surface area contributed by atoms with Crippen LogP contribution >= 0.6 is 0 Å². The molecule has 1 aliphatic carbocycles. The molecule has 2 saturated heterocycles. The number of hydrazine groups is 1. The maximum Gasteiger partial charge on any atom is 0.242 e. The lowest BCUT2D eigenvalue weighted by atomic mass is 9.78.